The van der Waals surface area contributed by atoms with Crippen LogP contribution < -0.4 is 15.5 Å². The average molecular weight is 394 g/mol. The number of hydrogen-bond donors (Lipinski definition) is 2. The van der Waals surface area contributed by atoms with Crippen LogP contribution in [0.2, 0.25) is 0 Å². The van der Waals surface area contributed by atoms with Gasteiger partial charge in [0.15, 0.2) is 5.82 Å². The second kappa shape index (κ2) is 8.47. The zero-order chi connectivity index (χ0) is 20.1. The highest BCUT2D eigenvalue weighted by Crippen LogP contribution is 2.30. The van der Waals surface area contributed by atoms with Gasteiger partial charge in [-0.05, 0) is 36.8 Å². The van der Waals surface area contributed by atoms with Crippen molar-refractivity contribution >= 4 is 17.5 Å². The molecule has 2 N–H and O–H groups in total. The van der Waals surface area contributed by atoms with E-state index in [0.29, 0.717) is 43.4 Å². The maximum Gasteiger partial charge on any atom is 0.416 e. The molecule has 0 aliphatic carbocycles. The minimum Gasteiger partial charge on any atom is -0.378 e. The number of pyridine rings is 1. The number of amides is 2. The third kappa shape index (κ3) is 4.92. The predicted octanol–water partition coefficient (Wildman–Crippen LogP) is 3.82. The Bertz CT molecular complexity index is 806. The molecule has 3 rings (SSSR count). The van der Waals surface area contributed by atoms with Crippen molar-refractivity contribution < 1.29 is 22.7 Å². The Balaban J connectivity index is 1.64. The summed E-state index contributed by atoms with van der Waals surface area (Å²) in [6.07, 6.45) is -2.73. The lowest BCUT2D eigenvalue weighted by Gasteiger charge is -2.29. The zero-order valence-electron chi connectivity index (χ0n) is 15.3. The van der Waals surface area contributed by atoms with Crippen LogP contribution in [0.25, 0.3) is 0 Å². The van der Waals surface area contributed by atoms with Crippen molar-refractivity contribution in [1.82, 2.24) is 10.3 Å². The van der Waals surface area contributed by atoms with Gasteiger partial charge in [-0.3, -0.25) is 0 Å². The van der Waals surface area contributed by atoms with Crippen LogP contribution in [-0.4, -0.2) is 37.3 Å². The molecule has 0 bridgehead atoms. The van der Waals surface area contributed by atoms with Gasteiger partial charge in [0.25, 0.3) is 0 Å². The lowest BCUT2D eigenvalue weighted by atomic mass is 10.1. The molecule has 1 aromatic carbocycles. The first-order valence-electron chi connectivity index (χ1n) is 8.87. The van der Waals surface area contributed by atoms with Gasteiger partial charge in [-0.15, -0.1) is 0 Å². The summed E-state index contributed by atoms with van der Waals surface area (Å²) in [6.45, 7) is 4.24. The van der Waals surface area contributed by atoms with Crippen LogP contribution in [0.3, 0.4) is 0 Å². The highest BCUT2D eigenvalue weighted by Gasteiger charge is 2.30. The van der Waals surface area contributed by atoms with E-state index < -0.39 is 23.8 Å². The van der Waals surface area contributed by atoms with Crippen molar-refractivity contribution in [3.8, 4) is 0 Å². The number of morpholine rings is 1. The molecule has 2 heterocycles. The highest BCUT2D eigenvalue weighted by atomic mass is 19.4. The topological polar surface area (TPSA) is 66.5 Å². The van der Waals surface area contributed by atoms with Gasteiger partial charge in [0, 0.05) is 19.3 Å². The van der Waals surface area contributed by atoms with Crippen LogP contribution in [0.5, 0.6) is 0 Å². The largest absolute Gasteiger partial charge is 0.416 e. The molecular weight excluding hydrogens is 373 g/mol. The molecule has 1 aliphatic heterocycles. The van der Waals surface area contributed by atoms with Crippen LogP contribution in [-0.2, 0) is 10.9 Å². The Labute approximate surface area is 160 Å². The number of benzene rings is 1. The minimum atomic E-state index is -4.39. The molecule has 1 fully saturated rings. The fourth-order valence-corrected chi connectivity index (χ4v) is 2.92. The summed E-state index contributed by atoms with van der Waals surface area (Å²) in [6, 6.07) is 7.26. The van der Waals surface area contributed by atoms with E-state index in [-0.39, 0.29) is 0 Å². The van der Waals surface area contributed by atoms with E-state index in [0.717, 1.165) is 12.1 Å². The number of carbonyl (C=O) groups is 1. The van der Waals surface area contributed by atoms with Gasteiger partial charge in [-0.2, -0.15) is 13.2 Å². The summed E-state index contributed by atoms with van der Waals surface area (Å²) in [7, 11) is 0. The fourth-order valence-electron chi connectivity index (χ4n) is 2.92. The van der Waals surface area contributed by atoms with E-state index in [9.17, 15) is 18.0 Å². The number of rotatable bonds is 4. The van der Waals surface area contributed by atoms with Gasteiger partial charge >= 0.3 is 12.2 Å². The molecule has 1 saturated heterocycles. The summed E-state index contributed by atoms with van der Waals surface area (Å²) in [5.74, 6) is 0.656. The molecule has 1 aromatic heterocycles. The summed E-state index contributed by atoms with van der Waals surface area (Å²) < 4.78 is 43.3. The summed E-state index contributed by atoms with van der Waals surface area (Å²) in [5, 5.41) is 5.50. The summed E-state index contributed by atoms with van der Waals surface area (Å²) in [5.41, 5.74) is 0.405. The van der Waals surface area contributed by atoms with Gasteiger partial charge in [-0.1, -0.05) is 12.1 Å². The molecule has 0 unspecified atom stereocenters. The van der Waals surface area contributed by atoms with Gasteiger partial charge in [0.2, 0.25) is 0 Å². The SMILES string of the molecule is C[C@@H](NC(=O)Nc1cccnc1N1CCOCC1)c1ccc(C(F)(F)F)cc1. The average Bonchev–Trinajstić information content (AvgIpc) is 2.68. The molecule has 28 heavy (non-hydrogen) atoms. The number of nitrogens with zero attached hydrogens (tertiary/aromatic N) is 2. The van der Waals surface area contributed by atoms with Gasteiger partial charge in [0.1, 0.15) is 0 Å². The number of urea groups is 1. The molecule has 0 radical (unpaired) electrons. The van der Waals surface area contributed by atoms with Crippen molar-refractivity contribution in [3.63, 3.8) is 0 Å². The second-order valence-corrected chi connectivity index (χ2v) is 6.41. The van der Waals surface area contributed by atoms with Crippen molar-refractivity contribution in [2.75, 3.05) is 36.5 Å². The molecule has 6 nitrogen and oxygen atoms in total. The third-order valence-corrected chi connectivity index (χ3v) is 4.43. The molecular formula is C19H21F3N4O2. The standard InChI is InChI=1S/C19H21F3N4O2/c1-13(14-4-6-15(7-5-14)19(20,21)22)24-18(27)25-16-3-2-8-23-17(16)26-9-11-28-12-10-26/h2-8,13H,9-12H2,1H3,(H2,24,25,27)/t13-/m1/s1. The molecule has 1 aliphatic rings. The number of ether oxygens (including phenoxy) is 1. The smallest absolute Gasteiger partial charge is 0.378 e. The lowest BCUT2D eigenvalue weighted by Crippen LogP contribution is -2.38. The Morgan fingerprint density at radius 3 is 2.50 bits per heavy atom. The van der Waals surface area contributed by atoms with Crippen molar-refractivity contribution in [3.05, 3.63) is 53.7 Å². The van der Waals surface area contributed by atoms with E-state index in [4.69, 9.17) is 4.74 Å². The van der Waals surface area contributed by atoms with Crippen LogP contribution in [0.4, 0.5) is 29.5 Å². The van der Waals surface area contributed by atoms with Crippen LogP contribution in [0, 0.1) is 0 Å². The van der Waals surface area contributed by atoms with E-state index in [1.165, 1.54) is 12.1 Å². The maximum atomic E-state index is 12.7. The Kier molecular flexibility index (Phi) is 6.03. The molecule has 0 saturated carbocycles. The molecule has 0 spiro atoms. The van der Waals surface area contributed by atoms with Crippen molar-refractivity contribution in [2.45, 2.75) is 19.1 Å². The highest BCUT2D eigenvalue weighted by molar-refractivity contribution is 5.92. The third-order valence-electron chi connectivity index (χ3n) is 4.43. The first kappa shape index (κ1) is 19.9. The number of halogens is 3. The first-order valence-corrected chi connectivity index (χ1v) is 8.87. The quantitative estimate of drug-likeness (QED) is 0.828. The van der Waals surface area contributed by atoms with E-state index >= 15 is 0 Å². The lowest BCUT2D eigenvalue weighted by molar-refractivity contribution is -0.137. The zero-order valence-corrected chi connectivity index (χ0v) is 15.3. The number of hydrogen-bond acceptors (Lipinski definition) is 4. The van der Waals surface area contributed by atoms with Crippen molar-refractivity contribution in [1.29, 1.82) is 0 Å². The number of alkyl halides is 3. The number of anilines is 2. The van der Waals surface area contributed by atoms with Crippen LogP contribution >= 0.6 is 0 Å². The number of nitrogens with one attached hydrogen (secondary N) is 2. The molecule has 2 aromatic rings. The number of aromatic nitrogens is 1. The normalized spacial score (nSPS) is 15.8. The number of carbonyl (C=O) groups excluding carboxylic acids is 1. The second-order valence-electron chi connectivity index (χ2n) is 6.41. The van der Waals surface area contributed by atoms with E-state index in [1.54, 1.807) is 25.3 Å². The maximum absolute atomic E-state index is 12.7. The Morgan fingerprint density at radius 1 is 1.18 bits per heavy atom. The monoisotopic (exact) mass is 394 g/mol. The van der Waals surface area contributed by atoms with Gasteiger partial charge in [-0.25, -0.2) is 9.78 Å². The minimum absolute atomic E-state index is 0.463. The van der Waals surface area contributed by atoms with Gasteiger partial charge in [0.05, 0.1) is 30.5 Å². The van der Waals surface area contributed by atoms with E-state index in [1.807, 2.05) is 4.90 Å². The first-order chi connectivity index (χ1) is 13.3. The van der Waals surface area contributed by atoms with Crippen LogP contribution in [0.1, 0.15) is 24.1 Å². The molecule has 150 valence electrons. The van der Waals surface area contributed by atoms with Crippen molar-refractivity contribution in [2.24, 2.45) is 0 Å². The Morgan fingerprint density at radius 2 is 1.86 bits per heavy atom. The van der Waals surface area contributed by atoms with Gasteiger partial charge < -0.3 is 20.3 Å². The molecule has 2 amide bonds. The van der Waals surface area contributed by atoms with Crippen LogP contribution in [0.15, 0.2) is 42.6 Å². The molecule has 1 atom stereocenters. The van der Waals surface area contributed by atoms with E-state index in [2.05, 4.69) is 15.6 Å². The predicted molar refractivity (Wildman–Crippen MR) is 99.3 cm³/mol. The fraction of sp³-hybridized carbons (Fsp3) is 0.368. The summed E-state index contributed by atoms with van der Waals surface area (Å²) in [4.78, 5) is 18.8. The Hall–Kier alpha value is -2.81. The molecule has 9 heteroatoms. The summed E-state index contributed by atoms with van der Waals surface area (Å²) >= 11 is 0.